The van der Waals surface area contributed by atoms with Crippen LogP contribution in [0.5, 0.6) is 0 Å². The molecule has 0 bridgehead atoms. The monoisotopic (exact) mass is 236 g/mol. The third-order valence-corrected chi connectivity index (χ3v) is 2.73. The summed E-state index contributed by atoms with van der Waals surface area (Å²) < 4.78 is 0. The summed E-state index contributed by atoms with van der Waals surface area (Å²) in [6.45, 7) is 2.32. The third-order valence-electron chi connectivity index (χ3n) is 2.32. The van der Waals surface area contributed by atoms with Crippen LogP contribution in [-0.4, -0.2) is 24.4 Å². The Morgan fingerprint density at radius 1 is 1.56 bits per heavy atom. The van der Waals surface area contributed by atoms with Crippen LogP contribution in [0.2, 0.25) is 5.02 Å². The number of hydrogen-bond acceptors (Lipinski definition) is 2. The predicted octanol–water partition coefficient (Wildman–Crippen LogP) is 2.63. The summed E-state index contributed by atoms with van der Waals surface area (Å²) >= 11 is 5.94. The second-order valence-electron chi connectivity index (χ2n) is 3.60. The van der Waals surface area contributed by atoms with E-state index in [-0.39, 0.29) is 5.91 Å². The maximum Gasteiger partial charge on any atom is 0.253 e. The predicted molar refractivity (Wildman–Crippen MR) is 63.4 cm³/mol. The molecule has 0 radical (unpaired) electrons. The Balaban J connectivity index is 2.80. The highest BCUT2D eigenvalue weighted by Crippen LogP contribution is 2.17. The Labute approximate surface area is 100 Å². The number of halogens is 1. The van der Waals surface area contributed by atoms with Crippen molar-refractivity contribution >= 4 is 17.5 Å². The van der Waals surface area contributed by atoms with Gasteiger partial charge in [0.05, 0.1) is 12.5 Å². The van der Waals surface area contributed by atoms with E-state index in [0.29, 0.717) is 23.6 Å². The zero-order valence-corrected chi connectivity index (χ0v) is 10.1. The van der Waals surface area contributed by atoms with Gasteiger partial charge in [-0.2, -0.15) is 5.26 Å². The van der Waals surface area contributed by atoms with Crippen LogP contribution < -0.4 is 0 Å². The lowest BCUT2D eigenvalue weighted by Gasteiger charge is -2.15. The van der Waals surface area contributed by atoms with Crippen molar-refractivity contribution < 1.29 is 4.79 Å². The van der Waals surface area contributed by atoms with Gasteiger partial charge in [0.25, 0.3) is 5.91 Å². The molecule has 0 saturated heterocycles. The van der Waals surface area contributed by atoms with Crippen molar-refractivity contribution in [1.82, 2.24) is 4.90 Å². The molecule has 1 aromatic carbocycles. The van der Waals surface area contributed by atoms with Crippen LogP contribution in [0.3, 0.4) is 0 Å². The van der Waals surface area contributed by atoms with Crippen molar-refractivity contribution in [2.45, 2.75) is 13.3 Å². The highest BCUT2D eigenvalue weighted by atomic mass is 35.5. The molecule has 0 aliphatic heterocycles. The van der Waals surface area contributed by atoms with E-state index in [9.17, 15) is 4.79 Å². The fourth-order valence-electron chi connectivity index (χ4n) is 1.27. The smallest absolute Gasteiger partial charge is 0.253 e. The maximum atomic E-state index is 11.9. The number of amides is 1. The van der Waals surface area contributed by atoms with E-state index >= 15 is 0 Å². The van der Waals surface area contributed by atoms with Crippen LogP contribution in [0, 0.1) is 18.3 Å². The number of benzene rings is 1. The fraction of sp³-hybridized carbons (Fsp3) is 0.333. The molecule has 16 heavy (non-hydrogen) atoms. The molecule has 1 aromatic rings. The van der Waals surface area contributed by atoms with Crippen LogP contribution in [0.1, 0.15) is 22.3 Å². The van der Waals surface area contributed by atoms with Gasteiger partial charge in [-0.3, -0.25) is 4.79 Å². The summed E-state index contributed by atoms with van der Waals surface area (Å²) in [6.07, 6.45) is 0.335. The Hall–Kier alpha value is -1.53. The van der Waals surface area contributed by atoms with E-state index in [4.69, 9.17) is 16.9 Å². The number of nitriles is 1. The molecule has 0 saturated carbocycles. The molecule has 4 heteroatoms. The van der Waals surface area contributed by atoms with Crippen molar-refractivity contribution in [3.8, 4) is 6.07 Å². The molecular weight excluding hydrogens is 224 g/mol. The summed E-state index contributed by atoms with van der Waals surface area (Å²) in [7, 11) is 1.67. The molecule has 1 rings (SSSR count). The van der Waals surface area contributed by atoms with E-state index in [0.717, 1.165) is 5.56 Å². The molecule has 0 unspecified atom stereocenters. The van der Waals surface area contributed by atoms with Crippen LogP contribution in [-0.2, 0) is 0 Å². The number of aryl methyl sites for hydroxylation is 1. The minimum Gasteiger partial charge on any atom is -0.341 e. The topological polar surface area (TPSA) is 44.1 Å². The summed E-state index contributed by atoms with van der Waals surface area (Å²) in [5, 5.41) is 9.02. The molecule has 0 atom stereocenters. The van der Waals surface area contributed by atoms with Gasteiger partial charge in [0.15, 0.2) is 0 Å². The number of carbonyl (C=O) groups excluding carboxylic acids is 1. The molecule has 0 heterocycles. The van der Waals surface area contributed by atoms with Gasteiger partial charge in [0, 0.05) is 24.2 Å². The van der Waals surface area contributed by atoms with Crippen molar-refractivity contribution in [3.05, 3.63) is 34.3 Å². The van der Waals surface area contributed by atoms with Gasteiger partial charge in [-0.1, -0.05) is 17.7 Å². The maximum absolute atomic E-state index is 11.9. The number of hydrogen-bond donors (Lipinski definition) is 0. The van der Waals surface area contributed by atoms with Gasteiger partial charge >= 0.3 is 0 Å². The second-order valence-corrected chi connectivity index (χ2v) is 4.01. The van der Waals surface area contributed by atoms with E-state index in [1.165, 1.54) is 4.90 Å². The molecular formula is C12H13ClN2O. The van der Waals surface area contributed by atoms with E-state index < -0.39 is 0 Å². The van der Waals surface area contributed by atoms with Gasteiger partial charge in [-0.15, -0.1) is 0 Å². The summed E-state index contributed by atoms with van der Waals surface area (Å²) in [4.78, 5) is 13.4. The Morgan fingerprint density at radius 3 is 2.81 bits per heavy atom. The Kier molecular flexibility index (Phi) is 4.33. The molecule has 0 aromatic heterocycles. The van der Waals surface area contributed by atoms with E-state index in [1.807, 2.05) is 19.1 Å². The molecule has 0 spiro atoms. The first-order valence-corrected chi connectivity index (χ1v) is 5.32. The lowest BCUT2D eigenvalue weighted by atomic mass is 10.1. The van der Waals surface area contributed by atoms with Crippen molar-refractivity contribution in [2.24, 2.45) is 0 Å². The van der Waals surface area contributed by atoms with Gasteiger partial charge in [0.1, 0.15) is 0 Å². The Bertz CT molecular complexity index is 437. The SMILES string of the molecule is Cc1ccc(C(=O)N(C)CCC#N)cc1Cl. The summed E-state index contributed by atoms with van der Waals surface area (Å²) in [5.74, 6) is -0.114. The average Bonchev–Trinajstić information content (AvgIpc) is 2.28. The quantitative estimate of drug-likeness (QED) is 0.810. The van der Waals surface area contributed by atoms with Gasteiger partial charge in [0.2, 0.25) is 0 Å². The minimum absolute atomic E-state index is 0.114. The molecule has 0 fully saturated rings. The minimum atomic E-state index is -0.114. The van der Waals surface area contributed by atoms with Crippen molar-refractivity contribution in [2.75, 3.05) is 13.6 Å². The van der Waals surface area contributed by atoms with Crippen molar-refractivity contribution in [1.29, 1.82) is 5.26 Å². The zero-order valence-electron chi connectivity index (χ0n) is 9.33. The Morgan fingerprint density at radius 2 is 2.25 bits per heavy atom. The molecule has 0 aliphatic rings. The molecule has 84 valence electrons. The molecule has 0 aliphatic carbocycles. The van der Waals surface area contributed by atoms with Gasteiger partial charge < -0.3 is 4.90 Å². The van der Waals surface area contributed by atoms with Crippen LogP contribution in [0.4, 0.5) is 0 Å². The number of carbonyl (C=O) groups is 1. The lowest BCUT2D eigenvalue weighted by Crippen LogP contribution is -2.27. The zero-order chi connectivity index (χ0) is 12.1. The second kappa shape index (κ2) is 5.53. The van der Waals surface area contributed by atoms with Crippen LogP contribution in [0.15, 0.2) is 18.2 Å². The highest BCUT2D eigenvalue weighted by molar-refractivity contribution is 6.31. The van der Waals surface area contributed by atoms with Crippen LogP contribution in [0.25, 0.3) is 0 Å². The van der Waals surface area contributed by atoms with E-state index in [1.54, 1.807) is 19.2 Å². The molecule has 3 nitrogen and oxygen atoms in total. The largest absolute Gasteiger partial charge is 0.341 e. The number of nitrogens with zero attached hydrogens (tertiary/aromatic N) is 2. The standard InChI is InChI=1S/C12H13ClN2O/c1-9-4-5-10(8-11(9)13)12(16)15(2)7-3-6-14/h4-5,8H,3,7H2,1-2H3. The fourth-order valence-corrected chi connectivity index (χ4v) is 1.45. The van der Waals surface area contributed by atoms with Gasteiger partial charge in [-0.05, 0) is 24.6 Å². The molecule has 0 N–H and O–H groups in total. The average molecular weight is 237 g/mol. The van der Waals surface area contributed by atoms with Gasteiger partial charge in [-0.25, -0.2) is 0 Å². The van der Waals surface area contributed by atoms with E-state index in [2.05, 4.69) is 0 Å². The first-order valence-electron chi connectivity index (χ1n) is 4.95. The number of rotatable bonds is 3. The first kappa shape index (κ1) is 12.5. The van der Waals surface area contributed by atoms with Crippen LogP contribution >= 0.6 is 11.6 Å². The highest BCUT2D eigenvalue weighted by Gasteiger charge is 2.11. The first-order chi connectivity index (χ1) is 7.56. The normalized spacial score (nSPS) is 9.62. The van der Waals surface area contributed by atoms with Crippen molar-refractivity contribution in [3.63, 3.8) is 0 Å². The summed E-state index contributed by atoms with van der Waals surface area (Å²) in [6, 6.07) is 7.22. The molecule has 1 amide bonds. The third kappa shape index (κ3) is 2.98. The summed E-state index contributed by atoms with van der Waals surface area (Å²) in [5.41, 5.74) is 1.49. The lowest BCUT2D eigenvalue weighted by molar-refractivity contribution is 0.0798.